The molecule has 0 rings (SSSR count). The largest absolute Gasteiger partial charge is 0.481 e. The first-order valence-corrected chi connectivity index (χ1v) is 21.8. The molecule has 0 aliphatic carbocycles. The summed E-state index contributed by atoms with van der Waals surface area (Å²) in [4.78, 5) is 31.9. The molecule has 0 aromatic rings. The van der Waals surface area contributed by atoms with Gasteiger partial charge in [0, 0.05) is 19.3 Å². The SMILES string of the molecule is C=C[Si](CCCCCCCCCCCC(=O)O)(CCCCCCCCCCCC(=O)O)CCCCCCCCCCCC(=O)O. The first-order valence-electron chi connectivity index (χ1n) is 19.1. The Morgan fingerprint density at radius 2 is 0.533 bits per heavy atom. The van der Waals surface area contributed by atoms with Crippen LogP contribution >= 0.6 is 0 Å². The van der Waals surface area contributed by atoms with E-state index in [1.165, 1.54) is 153 Å². The summed E-state index contributed by atoms with van der Waals surface area (Å²) in [5.41, 5.74) is 2.44. The van der Waals surface area contributed by atoms with E-state index in [1.807, 2.05) is 0 Å². The van der Waals surface area contributed by atoms with Crippen LogP contribution in [0, 0.1) is 0 Å². The van der Waals surface area contributed by atoms with Crippen LogP contribution in [-0.4, -0.2) is 41.3 Å². The summed E-state index contributed by atoms with van der Waals surface area (Å²) in [6.45, 7) is 4.41. The number of aliphatic carboxylic acids is 3. The van der Waals surface area contributed by atoms with E-state index < -0.39 is 26.0 Å². The van der Waals surface area contributed by atoms with Crippen molar-refractivity contribution >= 4 is 26.0 Å². The number of unbranched alkanes of at least 4 members (excludes halogenated alkanes) is 24. The van der Waals surface area contributed by atoms with Gasteiger partial charge in [0.05, 0.1) is 8.07 Å². The van der Waals surface area contributed by atoms with E-state index in [0.717, 1.165) is 38.5 Å². The topological polar surface area (TPSA) is 112 Å². The summed E-state index contributed by atoms with van der Waals surface area (Å²) in [5.74, 6) is -2.03. The fourth-order valence-electron chi connectivity index (χ4n) is 6.65. The zero-order chi connectivity index (χ0) is 33.3. The third-order valence-corrected chi connectivity index (χ3v) is 14.5. The lowest BCUT2D eigenvalue weighted by Crippen LogP contribution is -2.31. The van der Waals surface area contributed by atoms with Gasteiger partial charge in [0.15, 0.2) is 0 Å². The highest BCUT2D eigenvalue weighted by atomic mass is 28.3. The van der Waals surface area contributed by atoms with Crippen LogP contribution in [0.1, 0.15) is 193 Å². The van der Waals surface area contributed by atoms with Crippen LogP contribution in [0.25, 0.3) is 0 Å². The number of carbonyl (C=O) groups is 3. The summed E-state index contributed by atoms with van der Waals surface area (Å²) in [7, 11) is -1.45. The van der Waals surface area contributed by atoms with E-state index in [9.17, 15) is 14.4 Å². The van der Waals surface area contributed by atoms with Gasteiger partial charge in [-0.1, -0.05) is 172 Å². The van der Waals surface area contributed by atoms with Crippen molar-refractivity contribution in [2.45, 2.75) is 211 Å². The normalized spacial score (nSPS) is 11.6. The molecular weight excluding hydrogens is 580 g/mol. The predicted octanol–water partition coefficient (Wildman–Crippen LogP) is 12.1. The van der Waals surface area contributed by atoms with Crippen molar-refractivity contribution in [3.8, 4) is 0 Å². The predicted molar refractivity (Wildman–Crippen MR) is 192 cm³/mol. The summed E-state index contributed by atoms with van der Waals surface area (Å²) in [6.07, 6.45) is 33.5. The van der Waals surface area contributed by atoms with Crippen molar-refractivity contribution in [1.82, 2.24) is 0 Å². The number of carboxylic acid groups (broad SMARTS) is 3. The molecule has 45 heavy (non-hydrogen) atoms. The van der Waals surface area contributed by atoms with Crippen molar-refractivity contribution in [1.29, 1.82) is 0 Å². The van der Waals surface area contributed by atoms with Gasteiger partial charge < -0.3 is 15.3 Å². The van der Waals surface area contributed by atoms with E-state index in [1.54, 1.807) is 0 Å². The van der Waals surface area contributed by atoms with Gasteiger partial charge >= 0.3 is 17.9 Å². The molecule has 0 heterocycles. The Hall–Kier alpha value is -1.63. The monoisotopic (exact) mass is 653 g/mol. The van der Waals surface area contributed by atoms with Crippen LogP contribution in [0.3, 0.4) is 0 Å². The van der Waals surface area contributed by atoms with Crippen molar-refractivity contribution in [3.63, 3.8) is 0 Å². The van der Waals surface area contributed by atoms with Crippen LogP contribution in [0.5, 0.6) is 0 Å². The molecule has 0 amide bonds. The Bertz CT molecular complexity index is 637. The summed E-state index contributed by atoms with van der Waals surface area (Å²) in [5, 5.41) is 26.3. The van der Waals surface area contributed by atoms with E-state index in [0.29, 0.717) is 19.3 Å². The lowest BCUT2D eigenvalue weighted by atomic mass is 10.1. The van der Waals surface area contributed by atoms with Crippen molar-refractivity contribution < 1.29 is 29.7 Å². The van der Waals surface area contributed by atoms with E-state index in [4.69, 9.17) is 15.3 Å². The fraction of sp³-hybridized carbons (Fsp3) is 0.868. The standard InChI is InChI=1S/C38H72O6Si/c1-2-45(33-27-21-15-9-3-6-12-18-24-30-36(39)40,34-28-22-16-10-4-7-13-19-25-31-37(41)42)35-29-23-17-11-5-8-14-20-26-32-38(43)44/h2H,1,3-35H2,(H,39,40)(H,41,42)(H,43,44). The summed E-state index contributed by atoms with van der Waals surface area (Å²) >= 11 is 0. The van der Waals surface area contributed by atoms with Gasteiger partial charge in [-0.15, -0.1) is 12.3 Å². The third kappa shape index (κ3) is 32.1. The lowest BCUT2D eigenvalue weighted by molar-refractivity contribution is -0.138. The van der Waals surface area contributed by atoms with E-state index >= 15 is 0 Å². The molecule has 3 N–H and O–H groups in total. The summed E-state index contributed by atoms with van der Waals surface area (Å²) in [6, 6.07) is 4.20. The van der Waals surface area contributed by atoms with Crippen molar-refractivity contribution in [3.05, 3.63) is 12.3 Å². The van der Waals surface area contributed by atoms with Crippen LogP contribution < -0.4 is 0 Å². The lowest BCUT2D eigenvalue weighted by Gasteiger charge is -2.29. The Balaban J connectivity index is 4.28. The number of hydrogen-bond acceptors (Lipinski definition) is 3. The maximum absolute atomic E-state index is 10.6. The number of hydrogen-bond donors (Lipinski definition) is 3. The van der Waals surface area contributed by atoms with Crippen LogP contribution in [0.4, 0.5) is 0 Å². The molecule has 7 heteroatoms. The molecule has 264 valence electrons. The molecule has 6 nitrogen and oxygen atoms in total. The molecule has 0 aromatic carbocycles. The smallest absolute Gasteiger partial charge is 0.303 e. The van der Waals surface area contributed by atoms with Gasteiger partial charge in [-0.3, -0.25) is 14.4 Å². The Morgan fingerprint density at radius 3 is 0.711 bits per heavy atom. The molecule has 0 radical (unpaired) electrons. The minimum atomic E-state index is -1.45. The fourth-order valence-corrected chi connectivity index (χ4v) is 10.9. The molecule has 0 aromatic heterocycles. The van der Waals surface area contributed by atoms with Gasteiger partial charge in [0.2, 0.25) is 0 Å². The maximum atomic E-state index is 10.6. The van der Waals surface area contributed by atoms with Gasteiger partial charge in [-0.05, 0) is 19.3 Å². The second-order valence-corrected chi connectivity index (χ2v) is 18.4. The molecule has 0 fully saturated rings. The van der Waals surface area contributed by atoms with Gasteiger partial charge in [-0.2, -0.15) is 0 Å². The molecular formula is C38H72O6Si. The molecule has 0 aliphatic rings. The highest BCUT2D eigenvalue weighted by Crippen LogP contribution is 2.31. The Kier molecular flexibility index (Phi) is 31.1. The van der Waals surface area contributed by atoms with Crippen molar-refractivity contribution in [2.24, 2.45) is 0 Å². The van der Waals surface area contributed by atoms with E-state index in [2.05, 4.69) is 12.3 Å². The van der Waals surface area contributed by atoms with Crippen molar-refractivity contribution in [2.75, 3.05) is 0 Å². The Morgan fingerprint density at radius 1 is 0.356 bits per heavy atom. The van der Waals surface area contributed by atoms with Crippen LogP contribution in [-0.2, 0) is 14.4 Å². The molecule has 0 atom stereocenters. The third-order valence-electron chi connectivity index (χ3n) is 9.63. The second kappa shape index (κ2) is 32.3. The molecule has 0 unspecified atom stereocenters. The minimum Gasteiger partial charge on any atom is -0.481 e. The highest BCUT2D eigenvalue weighted by molar-refractivity contribution is 6.84. The molecule has 0 bridgehead atoms. The first-order chi connectivity index (χ1) is 21.8. The highest BCUT2D eigenvalue weighted by Gasteiger charge is 2.27. The zero-order valence-electron chi connectivity index (χ0n) is 29.2. The Labute approximate surface area is 278 Å². The van der Waals surface area contributed by atoms with E-state index in [-0.39, 0.29) is 0 Å². The average Bonchev–Trinajstić information content (AvgIpc) is 3.00. The van der Waals surface area contributed by atoms with Gasteiger partial charge in [0.1, 0.15) is 0 Å². The summed E-state index contributed by atoms with van der Waals surface area (Å²) < 4.78 is 0. The average molecular weight is 653 g/mol. The molecule has 0 aliphatic heterocycles. The van der Waals surface area contributed by atoms with Crippen LogP contribution in [0.15, 0.2) is 12.3 Å². The number of rotatable bonds is 37. The minimum absolute atomic E-state index is 0.310. The maximum Gasteiger partial charge on any atom is 0.303 e. The quantitative estimate of drug-likeness (QED) is 0.0455. The van der Waals surface area contributed by atoms with Gasteiger partial charge in [-0.25, -0.2) is 0 Å². The number of carboxylic acids is 3. The molecule has 0 spiro atoms. The zero-order valence-corrected chi connectivity index (χ0v) is 30.2. The molecule has 0 saturated carbocycles. The molecule has 0 saturated heterocycles. The first kappa shape index (κ1) is 43.4. The van der Waals surface area contributed by atoms with Gasteiger partial charge in [0.25, 0.3) is 0 Å². The second-order valence-electron chi connectivity index (χ2n) is 13.8. The van der Waals surface area contributed by atoms with Crippen LogP contribution in [0.2, 0.25) is 18.1 Å².